The number of halogens is 2. The van der Waals surface area contributed by atoms with Crippen LogP contribution in [0.3, 0.4) is 0 Å². The zero-order valence-corrected chi connectivity index (χ0v) is 15.1. The summed E-state index contributed by atoms with van der Waals surface area (Å²) in [6, 6.07) is 18.1. The lowest BCUT2D eigenvalue weighted by molar-refractivity contribution is -0.687. The number of hydrogen-bond donors (Lipinski definition) is 1. The highest BCUT2D eigenvalue weighted by atomic mass is 79.9. The smallest absolute Gasteiger partial charge is 0.195 e. The molecule has 118 valence electrons. The van der Waals surface area contributed by atoms with E-state index in [1.807, 2.05) is 36.5 Å². The molecule has 1 N–H and O–H groups in total. The number of benzene rings is 2. The molecule has 0 amide bonds. The average Bonchev–Trinajstić information content (AvgIpc) is 3.00. The Balaban J connectivity index is 1.68. The van der Waals surface area contributed by atoms with Crippen LogP contribution in [-0.4, -0.2) is 9.97 Å². The normalized spacial score (nSPS) is 11.1. The van der Waals surface area contributed by atoms with Gasteiger partial charge in [-0.3, -0.25) is 0 Å². The second-order valence-electron chi connectivity index (χ2n) is 5.61. The number of fused-ring (bicyclic) bond motifs is 1. The molecule has 0 bridgehead atoms. The van der Waals surface area contributed by atoms with Crippen molar-refractivity contribution in [1.29, 1.82) is 0 Å². The van der Waals surface area contributed by atoms with E-state index in [9.17, 15) is 0 Å². The Morgan fingerprint density at radius 1 is 1.04 bits per heavy atom. The highest BCUT2D eigenvalue weighted by molar-refractivity contribution is 9.10. The third kappa shape index (κ3) is 3.07. The van der Waals surface area contributed by atoms with Crippen LogP contribution in [0.15, 0.2) is 71.5 Å². The largest absolute Gasteiger partial charge is 0.333 e. The van der Waals surface area contributed by atoms with Gasteiger partial charge in [0.15, 0.2) is 18.9 Å². The maximum atomic E-state index is 6.27. The maximum absolute atomic E-state index is 6.27. The predicted molar refractivity (Wildman–Crippen MR) is 100.0 cm³/mol. The van der Waals surface area contributed by atoms with E-state index in [1.54, 1.807) is 0 Å². The van der Waals surface area contributed by atoms with Gasteiger partial charge in [0.2, 0.25) is 0 Å². The monoisotopic (exact) mass is 398 g/mol. The SMILES string of the molecule is Clc1ccccc1-c1nc2cc[n+](Cc3ccc(Br)cc3)cc2[nH]1. The van der Waals surface area contributed by atoms with Gasteiger partial charge in [-0.2, -0.15) is 4.57 Å². The van der Waals surface area contributed by atoms with Crippen LogP contribution in [0.4, 0.5) is 0 Å². The first kappa shape index (κ1) is 15.4. The van der Waals surface area contributed by atoms with Gasteiger partial charge in [-0.1, -0.05) is 51.8 Å². The molecular formula is C19H14BrClN3+. The highest BCUT2D eigenvalue weighted by Gasteiger charge is 2.12. The standard InChI is InChI=1S/C19H13BrClN3/c20-14-7-5-13(6-8-14)11-24-10-9-17-18(12-24)23-19(22-17)15-3-1-2-4-16(15)21/h1-10,12H,11H2/p+1. The Morgan fingerprint density at radius 2 is 1.83 bits per heavy atom. The fraction of sp³-hybridized carbons (Fsp3) is 0.0526. The van der Waals surface area contributed by atoms with Crippen LogP contribution < -0.4 is 4.57 Å². The molecule has 0 saturated heterocycles. The van der Waals surface area contributed by atoms with Crippen molar-refractivity contribution in [3.8, 4) is 11.4 Å². The summed E-state index contributed by atoms with van der Waals surface area (Å²) in [6.45, 7) is 0.809. The first-order valence-electron chi connectivity index (χ1n) is 7.57. The fourth-order valence-corrected chi connectivity index (χ4v) is 3.17. The van der Waals surface area contributed by atoms with Crippen molar-refractivity contribution in [3.05, 3.63) is 82.0 Å². The van der Waals surface area contributed by atoms with Gasteiger partial charge in [0.05, 0.1) is 5.02 Å². The second-order valence-corrected chi connectivity index (χ2v) is 6.93. The first-order valence-corrected chi connectivity index (χ1v) is 8.74. The van der Waals surface area contributed by atoms with E-state index in [0.717, 1.165) is 33.4 Å². The zero-order valence-electron chi connectivity index (χ0n) is 12.7. The van der Waals surface area contributed by atoms with Crippen molar-refractivity contribution in [2.75, 3.05) is 0 Å². The first-order chi connectivity index (χ1) is 11.7. The maximum Gasteiger partial charge on any atom is 0.195 e. The number of nitrogens with zero attached hydrogens (tertiary/aromatic N) is 2. The van der Waals surface area contributed by atoms with Gasteiger partial charge in [0.25, 0.3) is 0 Å². The molecule has 0 aliphatic carbocycles. The van der Waals surface area contributed by atoms with Gasteiger partial charge >= 0.3 is 0 Å². The van der Waals surface area contributed by atoms with Gasteiger partial charge in [-0.05, 0) is 24.3 Å². The van der Waals surface area contributed by atoms with E-state index >= 15 is 0 Å². The third-order valence-corrected chi connectivity index (χ3v) is 4.75. The molecule has 4 rings (SSSR count). The summed E-state index contributed by atoms with van der Waals surface area (Å²) in [5.41, 5.74) is 4.07. The molecule has 5 heteroatoms. The van der Waals surface area contributed by atoms with Crippen LogP contribution >= 0.6 is 27.5 Å². The molecule has 0 unspecified atom stereocenters. The lowest BCUT2D eigenvalue weighted by atomic mass is 10.2. The lowest BCUT2D eigenvalue weighted by Gasteiger charge is -1.98. The molecule has 0 aliphatic rings. The molecule has 0 saturated carbocycles. The Labute approximate surface area is 153 Å². The summed E-state index contributed by atoms with van der Waals surface area (Å²) in [5, 5.41) is 0.694. The number of aromatic amines is 1. The van der Waals surface area contributed by atoms with E-state index in [1.165, 1.54) is 5.56 Å². The van der Waals surface area contributed by atoms with E-state index in [2.05, 4.69) is 60.9 Å². The van der Waals surface area contributed by atoms with Crippen LogP contribution in [-0.2, 0) is 6.54 Å². The summed E-state index contributed by atoms with van der Waals surface area (Å²) in [4.78, 5) is 8.01. The number of aromatic nitrogens is 3. The summed E-state index contributed by atoms with van der Waals surface area (Å²) in [6.07, 6.45) is 4.12. The average molecular weight is 400 g/mol. The number of pyridine rings is 1. The van der Waals surface area contributed by atoms with Crippen LogP contribution in [0.1, 0.15) is 5.56 Å². The predicted octanol–water partition coefficient (Wildman–Crippen LogP) is 4.98. The van der Waals surface area contributed by atoms with Crippen LogP contribution in [0.25, 0.3) is 22.4 Å². The summed E-state index contributed by atoms with van der Waals surface area (Å²) in [5.74, 6) is 0.789. The Morgan fingerprint density at radius 3 is 2.62 bits per heavy atom. The number of nitrogens with one attached hydrogen (secondary N) is 1. The Hall–Kier alpha value is -2.17. The molecule has 0 atom stereocenters. The van der Waals surface area contributed by atoms with Gasteiger partial charge < -0.3 is 4.98 Å². The summed E-state index contributed by atoms with van der Waals surface area (Å²) < 4.78 is 3.23. The molecule has 0 aliphatic heterocycles. The van der Waals surface area contributed by atoms with Crippen molar-refractivity contribution in [3.63, 3.8) is 0 Å². The van der Waals surface area contributed by atoms with Crippen molar-refractivity contribution in [2.45, 2.75) is 6.54 Å². The molecule has 0 spiro atoms. The molecular weight excluding hydrogens is 386 g/mol. The Kier molecular flexibility index (Phi) is 4.08. The van der Waals surface area contributed by atoms with Crippen LogP contribution in [0.2, 0.25) is 5.02 Å². The van der Waals surface area contributed by atoms with Crippen molar-refractivity contribution < 1.29 is 4.57 Å². The van der Waals surface area contributed by atoms with Gasteiger partial charge in [-0.25, -0.2) is 4.98 Å². The lowest BCUT2D eigenvalue weighted by Crippen LogP contribution is -2.33. The zero-order chi connectivity index (χ0) is 16.5. The molecule has 2 aromatic carbocycles. The Bertz CT molecular complexity index is 1010. The number of imidazole rings is 1. The van der Waals surface area contributed by atoms with Crippen molar-refractivity contribution in [2.24, 2.45) is 0 Å². The molecule has 0 fully saturated rings. The number of hydrogen-bond acceptors (Lipinski definition) is 1. The third-order valence-electron chi connectivity index (χ3n) is 3.89. The van der Waals surface area contributed by atoms with Gasteiger partial charge in [0, 0.05) is 21.7 Å². The number of H-pyrrole nitrogens is 1. The van der Waals surface area contributed by atoms with Crippen molar-refractivity contribution in [1.82, 2.24) is 9.97 Å². The molecule has 3 nitrogen and oxygen atoms in total. The highest BCUT2D eigenvalue weighted by Crippen LogP contribution is 2.26. The molecule has 2 aromatic heterocycles. The fourth-order valence-electron chi connectivity index (χ4n) is 2.68. The second kappa shape index (κ2) is 6.38. The molecule has 24 heavy (non-hydrogen) atoms. The minimum Gasteiger partial charge on any atom is -0.333 e. The minimum atomic E-state index is 0.694. The summed E-state index contributed by atoms with van der Waals surface area (Å²) in [7, 11) is 0. The summed E-state index contributed by atoms with van der Waals surface area (Å²) >= 11 is 9.73. The van der Waals surface area contributed by atoms with Crippen LogP contribution in [0.5, 0.6) is 0 Å². The minimum absolute atomic E-state index is 0.694. The van der Waals surface area contributed by atoms with Gasteiger partial charge in [-0.15, -0.1) is 0 Å². The van der Waals surface area contributed by atoms with Crippen LogP contribution in [0, 0.1) is 0 Å². The molecule has 4 aromatic rings. The molecule has 0 radical (unpaired) electrons. The number of rotatable bonds is 3. The van der Waals surface area contributed by atoms with Crippen molar-refractivity contribution >= 4 is 38.6 Å². The molecule has 2 heterocycles. The van der Waals surface area contributed by atoms with E-state index < -0.39 is 0 Å². The van der Waals surface area contributed by atoms with E-state index in [0.29, 0.717) is 5.02 Å². The quantitative estimate of drug-likeness (QED) is 0.484. The topological polar surface area (TPSA) is 32.6 Å². The van der Waals surface area contributed by atoms with E-state index in [4.69, 9.17) is 11.6 Å². The van der Waals surface area contributed by atoms with E-state index in [-0.39, 0.29) is 0 Å². The van der Waals surface area contributed by atoms with Gasteiger partial charge in [0.1, 0.15) is 16.9 Å².